The zero-order valence-electron chi connectivity index (χ0n) is 7.49. The standard InChI is InChI=1S/C10H12OS2/c1-7-2-3-8(9(11)6-7)10-12-4-5-13-10/h2-3,6,10-11H,4-5H2,1H3. The molecular formula is C10H12OS2. The zero-order chi connectivity index (χ0) is 9.26. The monoisotopic (exact) mass is 212 g/mol. The first kappa shape index (κ1) is 9.28. The van der Waals surface area contributed by atoms with E-state index in [0.717, 1.165) is 11.1 Å². The fourth-order valence-corrected chi connectivity index (χ4v) is 4.31. The van der Waals surface area contributed by atoms with Crippen LogP contribution in [0.2, 0.25) is 0 Å². The minimum atomic E-state index is 0.445. The van der Waals surface area contributed by atoms with Crippen LogP contribution in [0.3, 0.4) is 0 Å². The van der Waals surface area contributed by atoms with Gasteiger partial charge in [0, 0.05) is 17.1 Å². The van der Waals surface area contributed by atoms with E-state index in [9.17, 15) is 5.11 Å². The summed E-state index contributed by atoms with van der Waals surface area (Å²) in [5, 5.41) is 9.73. The number of aromatic hydroxyl groups is 1. The molecule has 0 spiro atoms. The molecule has 1 nitrogen and oxygen atoms in total. The molecule has 70 valence electrons. The maximum absolute atomic E-state index is 9.73. The van der Waals surface area contributed by atoms with Gasteiger partial charge in [-0.25, -0.2) is 0 Å². The maximum atomic E-state index is 9.73. The Morgan fingerprint density at radius 3 is 2.62 bits per heavy atom. The van der Waals surface area contributed by atoms with E-state index in [4.69, 9.17) is 0 Å². The molecule has 1 saturated heterocycles. The number of rotatable bonds is 1. The van der Waals surface area contributed by atoms with E-state index in [0.29, 0.717) is 10.3 Å². The Kier molecular flexibility index (Phi) is 2.74. The minimum absolute atomic E-state index is 0.445. The first-order chi connectivity index (χ1) is 6.27. The van der Waals surface area contributed by atoms with E-state index >= 15 is 0 Å². The van der Waals surface area contributed by atoms with Gasteiger partial charge in [-0.2, -0.15) is 0 Å². The van der Waals surface area contributed by atoms with Gasteiger partial charge >= 0.3 is 0 Å². The van der Waals surface area contributed by atoms with Crippen molar-refractivity contribution in [2.45, 2.75) is 11.5 Å². The molecule has 1 aromatic rings. The molecule has 2 rings (SSSR count). The summed E-state index contributed by atoms with van der Waals surface area (Å²) in [7, 11) is 0. The average Bonchev–Trinajstić information content (AvgIpc) is 2.56. The Morgan fingerprint density at radius 2 is 2.00 bits per heavy atom. The van der Waals surface area contributed by atoms with Gasteiger partial charge in [0.15, 0.2) is 0 Å². The topological polar surface area (TPSA) is 20.2 Å². The molecule has 0 aromatic heterocycles. The molecule has 1 aliphatic rings. The summed E-state index contributed by atoms with van der Waals surface area (Å²) in [6.07, 6.45) is 0. The summed E-state index contributed by atoms with van der Waals surface area (Å²) in [6.45, 7) is 2.00. The molecule has 13 heavy (non-hydrogen) atoms. The fourth-order valence-electron chi connectivity index (χ4n) is 1.39. The Bertz CT molecular complexity index is 306. The van der Waals surface area contributed by atoms with Gasteiger partial charge in [-0.15, -0.1) is 23.5 Å². The van der Waals surface area contributed by atoms with Gasteiger partial charge in [-0.3, -0.25) is 0 Å². The second-order valence-electron chi connectivity index (χ2n) is 3.14. The van der Waals surface area contributed by atoms with Crippen molar-refractivity contribution in [1.29, 1.82) is 0 Å². The Morgan fingerprint density at radius 1 is 1.31 bits per heavy atom. The van der Waals surface area contributed by atoms with Crippen molar-refractivity contribution in [2.24, 2.45) is 0 Å². The molecule has 1 N–H and O–H groups in total. The summed E-state index contributed by atoms with van der Waals surface area (Å²) in [5.74, 6) is 2.84. The highest BCUT2D eigenvalue weighted by atomic mass is 32.2. The van der Waals surface area contributed by atoms with E-state index in [1.54, 1.807) is 0 Å². The van der Waals surface area contributed by atoms with Crippen LogP contribution in [0.5, 0.6) is 5.75 Å². The molecule has 1 fully saturated rings. The summed E-state index contributed by atoms with van der Waals surface area (Å²) in [4.78, 5) is 0. The lowest BCUT2D eigenvalue weighted by Crippen LogP contribution is -1.86. The highest BCUT2D eigenvalue weighted by molar-refractivity contribution is 8.19. The number of aryl methyl sites for hydroxylation is 1. The van der Waals surface area contributed by atoms with Crippen molar-refractivity contribution in [1.82, 2.24) is 0 Å². The van der Waals surface area contributed by atoms with Gasteiger partial charge in [-0.05, 0) is 18.6 Å². The lowest BCUT2D eigenvalue weighted by atomic mass is 10.1. The average molecular weight is 212 g/mol. The molecule has 1 aliphatic heterocycles. The maximum Gasteiger partial charge on any atom is 0.121 e. The summed E-state index contributed by atoms with van der Waals surface area (Å²) in [6, 6.07) is 5.95. The quantitative estimate of drug-likeness (QED) is 0.772. The van der Waals surface area contributed by atoms with Gasteiger partial charge in [0.05, 0.1) is 4.58 Å². The van der Waals surface area contributed by atoms with Gasteiger partial charge in [0.25, 0.3) is 0 Å². The molecule has 0 aliphatic carbocycles. The Hall–Kier alpha value is -0.280. The lowest BCUT2D eigenvalue weighted by molar-refractivity contribution is 0.470. The van der Waals surface area contributed by atoms with Crippen molar-refractivity contribution >= 4 is 23.5 Å². The normalized spacial score (nSPS) is 17.9. The van der Waals surface area contributed by atoms with E-state index < -0.39 is 0 Å². The van der Waals surface area contributed by atoms with Crippen molar-refractivity contribution in [2.75, 3.05) is 11.5 Å². The van der Waals surface area contributed by atoms with Crippen LogP contribution in [0.4, 0.5) is 0 Å². The van der Waals surface area contributed by atoms with Crippen molar-refractivity contribution in [3.8, 4) is 5.75 Å². The van der Waals surface area contributed by atoms with Gasteiger partial charge < -0.3 is 5.11 Å². The highest BCUT2D eigenvalue weighted by Crippen LogP contribution is 2.47. The predicted molar refractivity (Wildman–Crippen MR) is 60.5 cm³/mol. The SMILES string of the molecule is Cc1ccc(C2SCCS2)c(O)c1. The second kappa shape index (κ2) is 3.84. The largest absolute Gasteiger partial charge is 0.508 e. The molecule has 0 atom stereocenters. The second-order valence-corrected chi connectivity index (χ2v) is 5.86. The van der Waals surface area contributed by atoms with E-state index in [1.807, 2.05) is 42.6 Å². The molecule has 0 unspecified atom stereocenters. The first-order valence-corrected chi connectivity index (χ1v) is 6.40. The molecule has 1 aromatic carbocycles. The van der Waals surface area contributed by atoms with Gasteiger partial charge in [0.1, 0.15) is 5.75 Å². The van der Waals surface area contributed by atoms with Crippen LogP contribution in [-0.2, 0) is 0 Å². The summed E-state index contributed by atoms with van der Waals surface area (Å²) in [5.41, 5.74) is 2.20. The lowest BCUT2D eigenvalue weighted by Gasteiger charge is -2.10. The minimum Gasteiger partial charge on any atom is -0.508 e. The molecule has 1 heterocycles. The molecule has 0 amide bonds. The van der Waals surface area contributed by atoms with Crippen LogP contribution < -0.4 is 0 Å². The summed E-state index contributed by atoms with van der Waals surface area (Å²) >= 11 is 3.84. The molecule has 0 radical (unpaired) electrons. The van der Waals surface area contributed by atoms with Gasteiger partial charge in [-0.1, -0.05) is 12.1 Å². The van der Waals surface area contributed by atoms with Crippen LogP contribution in [0.25, 0.3) is 0 Å². The zero-order valence-corrected chi connectivity index (χ0v) is 9.12. The van der Waals surface area contributed by atoms with Crippen LogP contribution in [0, 0.1) is 6.92 Å². The molecule has 3 heteroatoms. The van der Waals surface area contributed by atoms with Gasteiger partial charge in [0.2, 0.25) is 0 Å². The van der Waals surface area contributed by atoms with Crippen LogP contribution >= 0.6 is 23.5 Å². The number of hydrogen-bond donors (Lipinski definition) is 1. The number of benzene rings is 1. The fraction of sp³-hybridized carbons (Fsp3) is 0.400. The van der Waals surface area contributed by atoms with E-state index in [1.165, 1.54) is 11.5 Å². The van der Waals surface area contributed by atoms with Crippen LogP contribution in [0.15, 0.2) is 18.2 Å². The van der Waals surface area contributed by atoms with E-state index in [2.05, 4.69) is 6.07 Å². The Balaban J connectivity index is 2.29. The molecule has 0 saturated carbocycles. The number of hydrogen-bond acceptors (Lipinski definition) is 3. The number of phenolic OH excluding ortho intramolecular Hbond substituents is 1. The third-order valence-electron chi connectivity index (χ3n) is 2.06. The number of thioether (sulfide) groups is 2. The third-order valence-corrected chi connectivity index (χ3v) is 5.13. The van der Waals surface area contributed by atoms with E-state index in [-0.39, 0.29) is 0 Å². The van der Waals surface area contributed by atoms with Crippen molar-refractivity contribution in [3.63, 3.8) is 0 Å². The first-order valence-electron chi connectivity index (χ1n) is 4.30. The van der Waals surface area contributed by atoms with Crippen molar-refractivity contribution in [3.05, 3.63) is 29.3 Å². The van der Waals surface area contributed by atoms with Crippen LogP contribution in [-0.4, -0.2) is 16.6 Å². The van der Waals surface area contributed by atoms with Crippen LogP contribution in [0.1, 0.15) is 15.7 Å². The highest BCUT2D eigenvalue weighted by Gasteiger charge is 2.20. The smallest absolute Gasteiger partial charge is 0.121 e. The predicted octanol–water partition coefficient (Wildman–Crippen LogP) is 3.18. The number of phenols is 1. The van der Waals surface area contributed by atoms with Crippen molar-refractivity contribution < 1.29 is 5.11 Å². The summed E-state index contributed by atoms with van der Waals surface area (Å²) < 4.78 is 0.445. The molecule has 0 bridgehead atoms. The molecular weight excluding hydrogens is 200 g/mol. The Labute approximate surface area is 86.9 Å². The third kappa shape index (κ3) is 1.97.